The second kappa shape index (κ2) is 10.4. The second-order valence-corrected chi connectivity index (χ2v) is 5.38. The molecule has 8 heteroatoms. The Morgan fingerprint density at radius 1 is 0.857 bits per heavy atom. The maximum Gasteiger partial charge on any atom is 0.330 e. The molecule has 0 aliphatic rings. The topological polar surface area (TPSA) is 103 Å². The molecule has 28 heavy (non-hydrogen) atoms. The Hall–Kier alpha value is -3.81. The molecule has 0 spiro atoms. The Balaban J connectivity index is 1.80. The van der Waals surface area contributed by atoms with Gasteiger partial charge in [-0.15, -0.1) is 0 Å². The highest BCUT2D eigenvalue weighted by Crippen LogP contribution is 2.17. The first kappa shape index (κ1) is 20.5. The third-order valence-corrected chi connectivity index (χ3v) is 3.43. The van der Waals surface area contributed by atoms with Gasteiger partial charge in [0.15, 0.2) is 0 Å². The molecule has 8 nitrogen and oxygen atoms in total. The van der Waals surface area contributed by atoms with Gasteiger partial charge in [0.25, 0.3) is 0 Å². The lowest BCUT2D eigenvalue weighted by Crippen LogP contribution is -2.29. The number of amides is 2. The van der Waals surface area contributed by atoms with Crippen LogP contribution < -0.4 is 20.1 Å². The highest BCUT2D eigenvalue weighted by Gasteiger charge is 2.14. The van der Waals surface area contributed by atoms with E-state index in [1.54, 1.807) is 48.5 Å². The van der Waals surface area contributed by atoms with E-state index in [4.69, 9.17) is 14.2 Å². The first-order valence-electron chi connectivity index (χ1n) is 8.30. The second-order valence-electron chi connectivity index (χ2n) is 5.38. The van der Waals surface area contributed by atoms with E-state index in [1.807, 2.05) is 0 Å². The Morgan fingerprint density at radius 3 is 1.82 bits per heavy atom. The molecule has 0 saturated carbocycles. The van der Waals surface area contributed by atoms with E-state index in [9.17, 15) is 14.4 Å². The molecule has 0 heterocycles. The summed E-state index contributed by atoms with van der Waals surface area (Å²) >= 11 is 0. The summed E-state index contributed by atoms with van der Waals surface area (Å²) in [5, 5.41) is 4.98. The molecule has 2 amide bonds. The molecule has 0 aliphatic carbocycles. The fraction of sp³-hybridized carbons (Fsp3) is 0.150. The highest BCUT2D eigenvalue weighted by atomic mass is 16.6. The summed E-state index contributed by atoms with van der Waals surface area (Å²) in [6.45, 7) is 3.56. The van der Waals surface area contributed by atoms with Gasteiger partial charge in [-0.25, -0.2) is 4.79 Å². The fourth-order valence-electron chi connectivity index (χ4n) is 2.05. The van der Waals surface area contributed by atoms with Gasteiger partial charge in [-0.3, -0.25) is 9.59 Å². The SMILES string of the molecule is C=CC(=O)OCCOc1ccc(NC(=O)C(=O)Nc2ccc(OC)cc2)cc1. The maximum atomic E-state index is 12.0. The maximum absolute atomic E-state index is 12.0. The third kappa shape index (κ3) is 6.49. The molecule has 0 fully saturated rings. The van der Waals surface area contributed by atoms with Gasteiger partial charge < -0.3 is 24.8 Å². The van der Waals surface area contributed by atoms with E-state index in [0.29, 0.717) is 22.9 Å². The summed E-state index contributed by atoms with van der Waals surface area (Å²) < 4.78 is 15.2. The zero-order valence-electron chi connectivity index (χ0n) is 15.3. The number of esters is 1. The molecule has 0 bridgehead atoms. The van der Waals surface area contributed by atoms with Crippen LogP contribution in [0.2, 0.25) is 0 Å². The van der Waals surface area contributed by atoms with Crippen molar-refractivity contribution < 1.29 is 28.6 Å². The number of rotatable bonds is 8. The first-order chi connectivity index (χ1) is 13.5. The lowest BCUT2D eigenvalue weighted by atomic mass is 10.3. The van der Waals surface area contributed by atoms with Crippen molar-refractivity contribution in [3.05, 3.63) is 61.2 Å². The largest absolute Gasteiger partial charge is 0.497 e. The zero-order valence-corrected chi connectivity index (χ0v) is 15.3. The van der Waals surface area contributed by atoms with Crippen molar-refractivity contribution in [2.75, 3.05) is 31.0 Å². The van der Waals surface area contributed by atoms with Crippen LogP contribution in [0.4, 0.5) is 11.4 Å². The van der Waals surface area contributed by atoms with Gasteiger partial charge in [0.05, 0.1) is 7.11 Å². The monoisotopic (exact) mass is 384 g/mol. The number of methoxy groups -OCH3 is 1. The number of carbonyl (C=O) groups excluding carboxylic acids is 3. The average Bonchev–Trinajstić information content (AvgIpc) is 2.72. The van der Waals surface area contributed by atoms with Gasteiger partial charge in [-0.05, 0) is 48.5 Å². The molecule has 0 aliphatic heterocycles. The molecule has 0 radical (unpaired) electrons. The summed E-state index contributed by atoms with van der Waals surface area (Å²) in [6.07, 6.45) is 1.07. The molecule has 0 saturated heterocycles. The Bertz CT molecular complexity index is 831. The normalized spacial score (nSPS) is 9.75. The summed E-state index contributed by atoms with van der Waals surface area (Å²) in [5.41, 5.74) is 0.905. The fourth-order valence-corrected chi connectivity index (χ4v) is 2.05. The Kier molecular flexibility index (Phi) is 7.59. The average molecular weight is 384 g/mol. The van der Waals surface area contributed by atoms with Gasteiger partial charge in [0.1, 0.15) is 24.7 Å². The summed E-state index contributed by atoms with van der Waals surface area (Å²) in [5.74, 6) is -0.955. The van der Waals surface area contributed by atoms with Crippen molar-refractivity contribution in [2.45, 2.75) is 0 Å². The number of hydrogen-bond donors (Lipinski definition) is 2. The van der Waals surface area contributed by atoms with E-state index < -0.39 is 17.8 Å². The summed E-state index contributed by atoms with van der Waals surface area (Å²) in [6, 6.07) is 13.0. The van der Waals surface area contributed by atoms with Crippen LogP contribution in [0.15, 0.2) is 61.2 Å². The highest BCUT2D eigenvalue weighted by molar-refractivity contribution is 6.43. The lowest BCUT2D eigenvalue weighted by molar-refractivity contribution is -0.138. The number of benzene rings is 2. The van der Waals surface area contributed by atoms with E-state index in [0.717, 1.165) is 6.08 Å². The van der Waals surface area contributed by atoms with Crippen molar-refractivity contribution in [3.63, 3.8) is 0 Å². The minimum absolute atomic E-state index is 0.0921. The molecular formula is C20H20N2O6. The van der Waals surface area contributed by atoms with Crippen molar-refractivity contribution in [3.8, 4) is 11.5 Å². The first-order valence-corrected chi connectivity index (χ1v) is 8.30. The van der Waals surface area contributed by atoms with E-state index in [2.05, 4.69) is 17.2 Å². The molecule has 2 N–H and O–H groups in total. The molecule has 0 atom stereocenters. The molecule has 146 valence electrons. The number of nitrogens with one attached hydrogen (secondary N) is 2. The van der Waals surface area contributed by atoms with Crippen LogP contribution in [0, 0.1) is 0 Å². The van der Waals surface area contributed by atoms with Gasteiger partial charge in [0.2, 0.25) is 0 Å². The summed E-state index contributed by atoms with van der Waals surface area (Å²) in [7, 11) is 1.54. The Labute approximate surface area is 162 Å². The van der Waals surface area contributed by atoms with Crippen LogP contribution in [0.25, 0.3) is 0 Å². The van der Waals surface area contributed by atoms with Gasteiger partial charge in [-0.2, -0.15) is 0 Å². The molecule has 2 rings (SSSR count). The number of anilines is 2. The van der Waals surface area contributed by atoms with Gasteiger partial charge in [-0.1, -0.05) is 6.58 Å². The third-order valence-electron chi connectivity index (χ3n) is 3.43. The van der Waals surface area contributed by atoms with Crippen LogP contribution in [0.3, 0.4) is 0 Å². The van der Waals surface area contributed by atoms with Gasteiger partial charge >= 0.3 is 17.8 Å². The van der Waals surface area contributed by atoms with Crippen LogP contribution >= 0.6 is 0 Å². The number of ether oxygens (including phenoxy) is 3. The summed E-state index contributed by atoms with van der Waals surface area (Å²) in [4.78, 5) is 34.9. The zero-order chi connectivity index (χ0) is 20.4. The molecule has 2 aromatic carbocycles. The molecule has 0 aromatic heterocycles. The van der Waals surface area contributed by atoms with Crippen LogP contribution in [0.1, 0.15) is 0 Å². The van der Waals surface area contributed by atoms with E-state index in [-0.39, 0.29) is 13.2 Å². The van der Waals surface area contributed by atoms with Crippen molar-refractivity contribution in [1.29, 1.82) is 0 Å². The predicted octanol–water partition coefficient (Wildman–Crippen LogP) is 2.38. The predicted molar refractivity (Wildman–Crippen MR) is 103 cm³/mol. The van der Waals surface area contributed by atoms with Crippen molar-refractivity contribution in [1.82, 2.24) is 0 Å². The molecular weight excluding hydrogens is 364 g/mol. The van der Waals surface area contributed by atoms with Crippen molar-refractivity contribution >= 4 is 29.2 Å². The van der Waals surface area contributed by atoms with E-state index >= 15 is 0 Å². The molecule has 2 aromatic rings. The Morgan fingerprint density at radius 2 is 1.36 bits per heavy atom. The van der Waals surface area contributed by atoms with Crippen LogP contribution in [-0.2, 0) is 19.1 Å². The van der Waals surface area contributed by atoms with Crippen LogP contribution in [0.5, 0.6) is 11.5 Å². The minimum atomic E-state index is -0.805. The van der Waals surface area contributed by atoms with Crippen LogP contribution in [-0.4, -0.2) is 38.1 Å². The smallest absolute Gasteiger partial charge is 0.330 e. The molecule has 0 unspecified atom stereocenters. The van der Waals surface area contributed by atoms with Crippen molar-refractivity contribution in [2.24, 2.45) is 0 Å². The van der Waals surface area contributed by atoms with Gasteiger partial charge in [0, 0.05) is 17.5 Å². The number of hydrogen-bond acceptors (Lipinski definition) is 6. The standard InChI is InChI=1S/C20H20N2O6/c1-3-18(23)28-13-12-27-17-10-6-15(7-11-17)22-20(25)19(24)21-14-4-8-16(26-2)9-5-14/h3-11H,1,12-13H2,2H3,(H,21,24)(H,22,25). The lowest BCUT2D eigenvalue weighted by Gasteiger charge is -2.09. The van der Waals surface area contributed by atoms with E-state index in [1.165, 1.54) is 7.11 Å². The quantitative estimate of drug-likeness (QED) is 0.314. The number of carbonyl (C=O) groups is 3. The minimum Gasteiger partial charge on any atom is -0.497 e.